The van der Waals surface area contributed by atoms with Crippen molar-refractivity contribution >= 4 is 27.6 Å². The first kappa shape index (κ1) is 26.9. The Bertz CT molecular complexity index is 1190. The van der Waals surface area contributed by atoms with Gasteiger partial charge in [-0.05, 0) is 55.6 Å². The van der Waals surface area contributed by atoms with E-state index in [0.29, 0.717) is 11.3 Å². The molecule has 0 N–H and O–H groups in total. The van der Waals surface area contributed by atoms with Gasteiger partial charge in [0.05, 0.1) is 24.3 Å². The van der Waals surface area contributed by atoms with Crippen LogP contribution < -0.4 is 9.04 Å². The Hall–Kier alpha value is -3.11. The Morgan fingerprint density at radius 1 is 0.865 bits per heavy atom. The molecule has 2 aromatic carbocycles. The van der Waals surface area contributed by atoms with Gasteiger partial charge < -0.3 is 19.1 Å². The molecule has 0 amide bonds. The van der Waals surface area contributed by atoms with Crippen molar-refractivity contribution in [2.24, 2.45) is 0 Å². The van der Waals surface area contributed by atoms with Gasteiger partial charge in [0.15, 0.2) is 12.3 Å². The van der Waals surface area contributed by atoms with Crippen molar-refractivity contribution in [1.82, 2.24) is 4.90 Å². The molecule has 4 rings (SSSR count). The Morgan fingerprint density at radius 3 is 2.14 bits per heavy atom. The van der Waals surface area contributed by atoms with Gasteiger partial charge in [-0.25, -0.2) is 8.42 Å². The number of carbonyl (C=O) groups excluding carboxylic acids is 2. The smallest absolute Gasteiger partial charge is 0.417 e. The highest BCUT2D eigenvalue weighted by atomic mass is 32.2. The first-order valence-electron chi connectivity index (χ1n) is 12.8. The fraction of sp³-hybridized carbons (Fsp3) is 0.481. The number of ether oxygens (including phenoxy) is 3. The van der Waals surface area contributed by atoms with Crippen LogP contribution >= 0.6 is 0 Å². The Balaban J connectivity index is 1.69. The Labute approximate surface area is 218 Å². The first-order valence-corrected chi connectivity index (χ1v) is 14.4. The summed E-state index contributed by atoms with van der Waals surface area (Å²) in [5.41, 5.74) is 1.88. The Morgan fingerprint density at radius 2 is 1.51 bits per heavy atom. The number of fused-ring (bicyclic) bond motifs is 1. The maximum Gasteiger partial charge on any atom is 0.441 e. The van der Waals surface area contributed by atoms with Crippen molar-refractivity contribution < 1.29 is 32.2 Å². The molecule has 0 radical (unpaired) electrons. The first-order chi connectivity index (χ1) is 17.7. The van der Waals surface area contributed by atoms with Crippen LogP contribution in [0.3, 0.4) is 0 Å². The predicted molar refractivity (Wildman–Crippen MR) is 138 cm³/mol. The van der Waals surface area contributed by atoms with Crippen molar-refractivity contribution in [3.63, 3.8) is 0 Å². The summed E-state index contributed by atoms with van der Waals surface area (Å²) >= 11 is 0. The minimum atomic E-state index is -3.98. The van der Waals surface area contributed by atoms with Gasteiger partial charge in [-0.2, -0.15) is 0 Å². The van der Waals surface area contributed by atoms with E-state index in [1.54, 1.807) is 36.4 Å². The molecule has 0 atom stereocenters. The van der Waals surface area contributed by atoms with E-state index in [0.717, 1.165) is 48.8 Å². The highest BCUT2D eigenvalue weighted by Crippen LogP contribution is 2.42. The molecule has 10 heteroatoms. The monoisotopic (exact) mass is 530 g/mol. The molecular formula is C27H34N2O7S. The van der Waals surface area contributed by atoms with Gasteiger partial charge in [-0.15, -0.1) is 0 Å². The van der Waals surface area contributed by atoms with Gasteiger partial charge in [0.1, 0.15) is 0 Å². The number of rotatable bonds is 10. The summed E-state index contributed by atoms with van der Waals surface area (Å²) in [5, 5.41) is 0. The van der Waals surface area contributed by atoms with Gasteiger partial charge in [0.2, 0.25) is 10.0 Å². The summed E-state index contributed by atoms with van der Waals surface area (Å²) in [4.78, 5) is 26.9. The minimum absolute atomic E-state index is 0.160. The predicted octanol–water partition coefficient (Wildman–Crippen LogP) is 3.61. The number of sulfonamides is 1. The molecule has 0 aliphatic carbocycles. The lowest BCUT2D eigenvalue weighted by Gasteiger charge is -2.40. The SMILES string of the molecule is CCCN(CCC)CCc1ccc2c(c1)N(S(=O)(=O)Cc1ccccc1)CC1(OC(=O)CCC(=O)O1)O2. The molecule has 0 saturated carbocycles. The Kier molecular flexibility index (Phi) is 8.39. The number of hydrogen-bond acceptors (Lipinski definition) is 8. The largest absolute Gasteiger partial charge is 0.441 e. The van der Waals surface area contributed by atoms with E-state index in [2.05, 4.69) is 18.7 Å². The maximum atomic E-state index is 13.7. The molecule has 1 saturated heterocycles. The molecule has 2 aliphatic heterocycles. The zero-order valence-electron chi connectivity index (χ0n) is 21.4. The summed E-state index contributed by atoms with van der Waals surface area (Å²) in [5.74, 6) is -3.69. The number of benzene rings is 2. The lowest BCUT2D eigenvalue weighted by Crippen LogP contribution is -2.57. The summed E-state index contributed by atoms with van der Waals surface area (Å²) in [7, 11) is -3.98. The van der Waals surface area contributed by atoms with E-state index in [-0.39, 0.29) is 24.3 Å². The molecule has 2 aliphatic rings. The van der Waals surface area contributed by atoms with Crippen molar-refractivity contribution in [3.8, 4) is 5.75 Å². The second-order valence-electron chi connectivity index (χ2n) is 9.38. The average Bonchev–Trinajstić information content (AvgIpc) is 2.99. The van der Waals surface area contributed by atoms with Crippen LogP contribution in [-0.2, 0) is 41.3 Å². The van der Waals surface area contributed by atoms with E-state index in [1.807, 2.05) is 12.1 Å². The number of anilines is 1. The van der Waals surface area contributed by atoms with Crippen molar-refractivity contribution in [1.29, 1.82) is 0 Å². The molecule has 37 heavy (non-hydrogen) atoms. The number of carbonyl (C=O) groups is 2. The van der Waals surface area contributed by atoms with Gasteiger partial charge in [0, 0.05) is 6.54 Å². The van der Waals surface area contributed by atoms with E-state index < -0.39 is 34.5 Å². The summed E-state index contributed by atoms with van der Waals surface area (Å²) in [6.45, 7) is 6.65. The van der Waals surface area contributed by atoms with Crippen LogP contribution in [0, 0.1) is 0 Å². The van der Waals surface area contributed by atoms with Gasteiger partial charge in [-0.3, -0.25) is 13.9 Å². The summed E-state index contributed by atoms with van der Waals surface area (Å²) in [6, 6.07) is 14.1. The molecule has 1 spiro atoms. The number of hydrogen-bond donors (Lipinski definition) is 0. The third-order valence-electron chi connectivity index (χ3n) is 6.29. The minimum Gasteiger partial charge on any atom is -0.417 e. The van der Waals surface area contributed by atoms with Gasteiger partial charge >= 0.3 is 17.9 Å². The molecule has 0 unspecified atom stereocenters. The van der Waals surface area contributed by atoms with E-state index in [1.165, 1.54) is 0 Å². The molecule has 0 bridgehead atoms. The van der Waals surface area contributed by atoms with Gasteiger partial charge in [0.25, 0.3) is 0 Å². The zero-order valence-corrected chi connectivity index (χ0v) is 22.2. The molecule has 2 heterocycles. The van der Waals surface area contributed by atoms with Crippen LogP contribution in [0.4, 0.5) is 5.69 Å². The standard InChI is InChI=1S/C27H34N2O7S/c1-3-15-28(16-4-2)17-14-21-10-11-24-23(18-21)29(37(32,33)19-22-8-6-5-7-9-22)20-27(34-24)35-25(30)12-13-26(31)36-27/h5-11,18H,3-4,12-17,19-20H2,1-2H3. The number of nitrogens with zero attached hydrogens (tertiary/aromatic N) is 2. The zero-order chi connectivity index (χ0) is 26.5. The topological polar surface area (TPSA) is 102 Å². The molecule has 0 aromatic heterocycles. The molecule has 2 aromatic rings. The third kappa shape index (κ3) is 6.61. The van der Waals surface area contributed by atoms with Crippen LogP contribution in [0.25, 0.3) is 0 Å². The molecule has 200 valence electrons. The van der Waals surface area contributed by atoms with Crippen LogP contribution in [0.1, 0.15) is 50.7 Å². The average molecular weight is 531 g/mol. The second-order valence-corrected chi connectivity index (χ2v) is 11.3. The second kappa shape index (κ2) is 11.5. The fourth-order valence-corrected chi connectivity index (χ4v) is 6.17. The highest BCUT2D eigenvalue weighted by molar-refractivity contribution is 7.92. The van der Waals surface area contributed by atoms with E-state index in [9.17, 15) is 18.0 Å². The molecule has 1 fully saturated rings. The lowest BCUT2D eigenvalue weighted by molar-refractivity contribution is -0.300. The van der Waals surface area contributed by atoms with Crippen LogP contribution in [0.15, 0.2) is 48.5 Å². The van der Waals surface area contributed by atoms with Crippen molar-refractivity contribution in [2.75, 3.05) is 30.5 Å². The van der Waals surface area contributed by atoms with E-state index >= 15 is 0 Å². The van der Waals surface area contributed by atoms with Crippen LogP contribution in [0.2, 0.25) is 0 Å². The number of esters is 2. The molecular weight excluding hydrogens is 496 g/mol. The lowest BCUT2D eigenvalue weighted by atomic mass is 10.1. The maximum absolute atomic E-state index is 13.7. The highest BCUT2D eigenvalue weighted by Gasteiger charge is 2.52. The quantitative estimate of drug-likeness (QED) is 0.429. The third-order valence-corrected chi connectivity index (χ3v) is 7.99. The normalized spacial score (nSPS) is 17.1. The van der Waals surface area contributed by atoms with Gasteiger partial charge in [-0.1, -0.05) is 50.2 Å². The fourth-order valence-electron chi connectivity index (χ4n) is 4.61. The summed E-state index contributed by atoms with van der Waals surface area (Å²) < 4.78 is 45.3. The van der Waals surface area contributed by atoms with Crippen LogP contribution in [-0.4, -0.2) is 57.4 Å². The molecule has 9 nitrogen and oxygen atoms in total. The van der Waals surface area contributed by atoms with Crippen molar-refractivity contribution in [2.45, 2.75) is 57.7 Å². The van der Waals surface area contributed by atoms with Crippen molar-refractivity contribution in [3.05, 3.63) is 59.7 Å². The van der Waals surface area contributed by atoms with Crippen LogP contribution in [0.5, 0.6) is 5.75 Å². The summed E-state index contributed by atoms with van der Waals surface area (Å²) in [6.07, 6.45) is 2.51. The van der Waals surface area contributed by atoms with E-state index in [4.69, 9.17) is 14.2 Å².